The Labute approximate surface area is 109 Å². The second-order valence-corrected chi connectivity index (χ2v) is 4.68. The molecule has 5 heteroatoms. The van der Waals surface area contributed by atoms with Crippen molar-refractivity contribution < 1.29 is 9.53 Å². The van der Waals surface area contributed by atoms with Crippen LogP contribution in [0, 0.1) is 17.2 Å². The Kier molecular flexibility index (Phi) is 7.38. The van der Waals surface area contributed by atoms with Crippen molar-refractivity contribution in [2.24, 2.45) is 5.92 Å². The molecule has 0 aliphatic carbocycles. The molecule has 5 nitrogen and oxygen atoms in total. The minimum absolute atomic E-state index is 0.161. The number of carbonyl (C=O) groups is 1. The first-order valence-electron chi connectivity index (χ1n) is 6.62. The number of carbonyl (C=O) groups excluding carboxylic acids is 1. The first kappa shape index (κ1) is 14.9. The van der Waals surface area contributed by atoms with Gasteiger partial charge >= 0.3 is 0 Å². The molecule has 0 atom stereocenters. The molecule has 18 heavy (non-hydrogen) atoms. The van der Waals surface area contributed by atoms with Gasteiger partial charge in [0.1, 0.15) is 0 Å². The van der Waals surface area contributed by atoms with Crippen LogP contribution in [0.2, 0.25) is 0 Å². The maximum absolute atomic E-state index is 12.2. The van der Waals surface area contributed by atoms with Crippen LogP contribution in [-0.4, -0.2) is 50.7 Å². The summed E-state index contributed by atoms with van der Waals surface area (Å²) in [5.41, 5.74) is 0. The molecule has 0 radical (unpaired) electrons. The molecule has 0 unspecified atom stereocenters. The lowest BCUT2D eigenvalue weighted by molar-refractivity contribution is -0.133. The molecule has 0 aromatic carbocycles. The van der Waals surface area contributed by atoms with Crippen LogP contribution in [0.5, 0.6) is 0 Å². The van der Waals surface area contributed by atoms with Crippen molar-refractivity contribution in [3.05, 3.63) is 0 Å². The van der Waals surface area contributed by atoms with Gasteiger partial charge in [-0.3, -0.25) is 4.79 Å². The van der Waals surface area contributed by atoms with Crippen LogP contribution in [0.25, 0.3) is 0 Å². The third-order valence-electron chi connectivity index (χ3n) is 3.33. The summed E-state index contributed by atoms with van der Waals surface area (Å²) in [4.78, 5) is 13.9. The molecule has 1 rings (SSSR count). The number of methoxy groups -OCH3 is 1. The number of hydrogen-bond donors (Lipinski definition) is 1. The first-order chi connectivity index (χ1) is 8.77. The van der Waals surface area contributed by atoms with E-state index in [4.69, 9.17) is 10.00 Å². The van der Waals surface area contributed by atoms with E-state index in [1.165, 1.54) is 0 Å². The Hall–Kier alpha value is -1.12. The van der Waals surface area contributed by atoms with Gasteiger partial charge < -0.3 is 15.0 Å². The first-order valence-corrected chi connectivity index (χ1v) is 6.62. The topological polar surface area (TPSA) is 65.4 Å². The van der Waals surface area contributed by atoms with E-state index in [1.54, 1.807) is 12.0 Å². The van der Waals surface area contributed by atoms with Crippen LogP contribution < -0.4 is 5.32 Å². The van der Waals surface area contributed by atoms with E-state index in [9.17, 15) is 4.79 Å². The predicted octanol–water partition coefficient (Wildman–Crippen LogP) is 0.765. The average Bonchev–Trinajstić information content (AvgIpc) is 2.40. The standard InChI is InChI=1S/C13H23N3O2/c1-18-10-9-16(8-2-5-14)13(17)11-12-3-6-15-7-4-12/h12,15H,2-4,6-11H2,1H3. The highest BCUT2D eigenvalue weighted by atomic mass is 16.5. The van der Waals surface area contributed by atoms with E-state index in [-0.39, 0.29) is 5.91 Å². The molecule has 1 saturated heterocycles. The van der Waals surface area contributed by atoms with Crippen molar-refractivity contribution in [1.82, 2.24) is 10.2 Å². The van der Waals surface area contributed by atoms with Crippen LogP contribution in [0.1, 0.15) is 25.7 Å². The molecule has 1 amide bonds. The Morgan fingerprint density at radius 1 is 1.44 bits per heavy atom. The lowest BCUT2D eigenvalue weighted by Gasteiger charge is -2.26. The highest BCUT2D eigenvalue weighted by molar-refractivity contribution is 5.76. The van der Waals surface area contributed by atoms with Gasteiger partial charge in [-0.15, -0.1) is 0 Å². The highest BCUT2D eigenvalue weighted by Crippen LogP contribution is 2.17. The molecular formula is C13H23N3O2. The Morgan fingerprint density at radius 3 is 2.78 bits per heavy atom. The molecule has 0 spiro atoms. The van der Waals surface area contributed by atoms with Crippen LogP contribution in [0.3, 0.4) is 0 Å². The molecule has 102 valence electrons. The van der Waals surface area contributed by atoms with Gasteiger partial charge in [-0.25, -0.2) is 0 Å². The van der Waals surface area contributed by atoms with Crippen molar-refractivity contribution in [2.75, 3.05) is 39.9 Å². The lowest BCUT2D eigenvalue weighted by Crippen LogP contribution is -2.37. The number of nitrogens with one attached hydrogen (secondary N) is 1. The Bertz CT molecular complexity index is 282. The number of amides is 1. The zero-order chi connectivity index (χ0) is 13.2. The van der Waals surface area contributed by atoms with Crippen molar-refractivity contribution >= 4 is 5.91 Å². The molecule has 1 fully saturated rings. The SMILES string of the molecule is COCCN(CCC#N)C(=O)CC1CCNCC1. The molecule has 1 heterocycles. The molecule has 1 N–H and O–H groups in total. The van der Waals surface area contributed by atoms with Gasteiger partial charge in [0.25, 0.3) is 0 Å². The predicted molar refractivity (Wildman–Crippen MR) is 68.9 cm³/mol. The third kappa shape index (κ3) is 5.48. The minimum Gasteiger partial charge on any atom is -0.383 e. The second kappa shape index (κ2) is 8.90. The Balaban J connectivity index is 2.38. The zero-order valence-electron chi connectivity index (χ0n) is 11.2. The normalized spacial score (nSPS) is 16.2. The number of rotatable bonds is 7. The maximum Gasteiger partial charge on any atom is 0.222 e. The van der Waals surface area contributed by atoms with Crippen LogP contribution in [-0.2, 0) is 9.53 Å². The smallest absolute Gasteiger partial charge is 0.222 e. The van der Waals surface area contributed by atoms with Gasteiger partial charge in [0.2, 0.25) is 5.91 Å². The van der Waals surface area contributed by atoms with Crippen LogP contribution in [0.4, 0.5) is 0 Å². The summed E-state index contributed by atoms with van der Waals surface area (Å²) in [5, 5.41) is 11.9. The number of nitriles is 1. The fourth-order valence-electron chi connectivity index (χ4n) is 2.21. The van der Waals surface area contributed by atoms with Crippen molar-refractivity contribution in [1.29, 1.82) is 5.26 Å². The summed E-state index contributed by atoms with van der Waals surface area (Å²) in [7, 11) is 1.62. The van der Waals surface area contributed by atoms with Crippen molar-refractivity contribution in [2.45, 2.75) is 25.7 Å². The second-order valence-electron chi connectivity index (χ2n) is 4.68. The summed E-state index contributed by atoms with van der Waals surface area (Å²) in [6, 6.07) is 2.09. The van der Waals surface area contributed by atoms with E-state index in [2.05, 4.69) is 11.4 Å². The molecule has 0 bridgehead atoms. The monoisotopic (exact) mass is 253 g/mol. The van der Waals surface area contributed by atoms with Crippen LogP contribution >= 0.6 is 0 Å². The van der Waals surface area contributed by atoms with Gasteiger partial charge in [-0.1, -0.05) is 0 Å². The molecule has 0 aromatic rings. The maximum atomic E-state index is 12.2. The van der Waals surface area contributed by atoms with E-state index in [0.29, 0.717) is 38.5 Å². The van der Waals surface area contributed by atoms with Gasteiger partial charge in [-0.2, -0.15) is 5.26 Å². The number of piperidine rings is 1. The lowest BCUT2D eigenvalue weighted by atomic mass is 9.94. The van der Waals surface area contributed by atoms with Gasteiger partial charge in [0.15, 0.2) is 0 Å². The molecule has 0 saturated carbocycles. The summed E-state index contributed by atoms with van der Waals surface area (Å²) < 4.78 is 5.01. The van der Waals surface area contributed by atoms with E-state index in [0.717, 1.165) is 25.9 Å². The number of nitrogens with zero attached hydrogens (tertiary/aromatic N) is 2. The van der Waals surface area contributed by atoms with Gasteiger partial charge in [0.05, 0.1) is 19.1 Å². The van der Waals surface area contributed by atoms with E-state index in [1.807, 2.05) is 0 Å². The summed E-state index contributed by atoms with van der Waals surface area (Å²) in [6.07, 6.45) is 3.14. The average molecular weight is 253 g/mol. The largest absolute Gasteiger partial charge is 0.383 e. The molecule has 1 aliphatic heterocycles. The van der Waals surface area contributed by atoms with Crippen molar-refractivity contribution in [3.63, 3.8) is 0 Å². The van der Waals surface area contributed by atoms with E-state index >= 15 is 0 Å². The number of ether oxygens (including phenoxy) is 1. The zero-order valence-corrected chi connectivity index (χ0v) is 11.2. The van der Waals surface area contributed by atoms with Crippen LogP contribution in [0.15, 0.2) is 0 Å². The summed E-state index contributed by atoms with van der Waals surface area (Å²) >= 11 is 0. The van der Waals surface area contributed by atoms with Crippen molar-refractivity contribution in [3.8, 4) is 6.07 Å². The summed E-state index contributed by atoms with van der Waals surface area (Å²) in [5.74, 6) is 0.653. The van der Waals surface area contributed by atoms with Gasteiger partial charge in [0, 0.05) is 26.6 Å². The molecule has 0 aromatic heterocycles. The quantitative estimate of drug-likeness (QED) is 0.727. The number of hydrogen-bond acceptors (Lipinski definition) is 4. The molecule has 1 aliphatic rings. The summed E-state index contributed by atoms with van der Waals surface area (Å²) in [6.45, 7) is 3.65. The van der Waals surface area contributed by atoms with E-state index < -0.39 is 0 Å². The highest BCUT2D eigenvalue weighted by Gasteiger charge is 2.20. The fourth-order valence-corrected chi connectivity index (χ4v) is 2.21. The van der Waals surface area contributed by atoms with Gasteiger partial charge in [-0.05, 0) is 31.8 Å². The Morgan fingerprint density at radius 2 is 2.17 bits per heavy atom. The third-order valence-corrected chi connectivity index (χ3v) is 3.33. The minimum atomic E-state index is 0.161. The fraction of sp³-hybridized carbons (Fsp3) is 0.846. The molecular weight excluding hydrogens is 230 g/mol.